The van der Waals surface area contributed by atoms with Crippen LogP contribution in [0.4, 0.5) is 0 Å². The Morgan fingerprint density at radius 2 is 1.92 bits per heavy atom. The Hall–Kier alpha value is -1.84. The van der Waals surface area contributed by atoms with Gasteiger partial charge in [0.2, 0.25) is 5.91 Å². The van der Waals surface area contributed by atoms with Crippen molar-refractivity contribution in [2.75, 3.05) is 0 Å². The third-order valence-electron chi connectivity index (χ3n) is 5.32. The van der Waals surface area contributed by atoms with Crippen molar-refractivity contribution in [3.05, 3.63) is 70.3 Å². The zero-order chi connectivity index (χ0) is 16.4. The molecule has 0 radical (unpaired) electrons. The highest BCUT2D eigenvalue weighted by Gasteiger charge is 2.22. The van der Waals surface area contributed by atoms with Gasteiger partial charge in [-0.2, -0.15) is 0 Å². The van der Waals surface area contributed by atoms with Crippen LogP contribution in [-0.2, 0) is 30.8 Å². The molecule has 0 fully saturated rings. The topological polar surface area (TPSA) is 41.1 Å². The first kappa shape index (κ1) is 18.0. The SMILES string of the molecule is Cl.O=C(CC1CCCc2ccccc21)NCc1ccc2c(c1)CNC2. The van der Waals surface area contributed by atoms with Crippen LogP contribution >= 0.6 is 12.4 Å². The van der Waals surface area contributed by atoms with Crippen molar-refractivity contribution < 1.29 is 4.79 Å². The number of rotatable bonds is 4. The van der Waals surface area contributed by atoms with E-state index in [9.17, 15) is 4.79 Å². The van der Waals surface area contributed by atoms with Gasteiger partial charge in [0, 0.05) is 26.1 Å². The Balaban J connectivity index is 0.00000182. The molecule has 2 N–H and O–H groups in total. The standard InChI is InChI=1S/C21H24N2O.ClH/c24-21(11-17-6-3-5-16-4-1-2-7-20(16)17)23-12-15-8-9-18-13-22-14-19(18)10-15;/h1-2,4,7-10,17,22H,3,5-6,11-14H2,(H,23,24);1H. The summed E-state index contributed by atoms with van der Waals surface area (Å²) in [5.74, 6) is 0.537. The van der Waals surface area contributed by atoms with Crippen molar-refractivity contribution in [2.24, 2.45) is 0 Å². The van der Waals surface area contributed by atoms with Gasteiger partial charge < -0.3 is 10.6 Å². The van der Waals surface area contributed by atoms with Gasteiger partial charge in [-0.1, -0.05) is 42.5 Å². The number of amides is 1. The first-order valence-corrected chi connectivity index (χ1v) is 8.95. The normalized spacial score (nSPS) is 18.0. The fraction of sp³-hybridized carbons (Fsp3) is 0.381. The predicted molar refractivity (Wildman–Crippen MR) is 103 cm³/mol. The zero-order valence-electron chi connectivity index (χ0n) is 14.4. The summed E-state index contributed by atoms with van der Waals surface area (Å²) >= 11 is 0. The van der Waals surface area contributed by atoms with E-state index in [1.165, 1.54) is 34.2 Å². The van der Waals surface area contributed by atoms with Crippen LogP contribution in [0.25, 0.3) is 0 Å². The number of nitrogens with one attached hydrogen (secondary N) is 2. The minimum Gasteiger partial charge on any atom is -0.352 e. The molecule has 1 aliphatic carbocycles. The zero-order valence-corrected chi connectivity index (χ0v) is 15.2. The first-order valence-electron chi connectivity index (χ1n) is 8.95. The lowest BCUT2D eigenvalue weighted by atomic mass is 9.81. The van der Waals surface area contributed by atoms with Crippen molar-refractivity contribution in [3.63, 3.8) is 0 Å². The van der Waals surface area contributed by atoms with Crippen molar-refractivity contribution in [2.45, 2.75) is 51.2 Å². The van der Waals surface area contributed by atoms with E-state index in [1.54, 1.807) is 0 Å². The monoisotopic (exact) mass is 356 g/mol. The number of hydrogen-bond donors (Lipinski definition) is 2. The molecule has 4 rings (SSSR count). The third kappa shape index (κ3) is 4.05. The molecule has 0 bridgehead atoms. The molecule has 0 aromatic heterocycles. The first-order chi connectivity index (χ1) is 11.8. The molecular formula is C21H25ClN2O. The average Bonchev–Trinajstić information content (AvgIpc) is 3.08. The molecule has 25 heavy (non-hydrogen) atoms. The van der Waals surface area contributed by atoms with Gasteiger partial charge in [-0.3, -0.25) is 4.79 Å². The second-order valence-corrected chi connectivity index (χ2v) is 6.98. The van der Waals surface area contributed by atoms with Crippen molar-refractivity contribution in [1.82, 2.24) is 10.6 Å². The summed E-state index contributed by atoms with van der Waals surface area (Å²) < 4.78 is 0. The van der Waals surface area contributed by atoms with E-state index in [-0.39, 0.29) is 18.3 Å². The lowest BCUT2D eigenvalue weighted by Crippen LogP contribution is -2.25. The summed E-state index contributed by atoms with van der Waals surface area (Å²) in [7, 11) is 0. The summed E-state index contributed by atoms with van der Waals surface area (Å²) in [5.41, 5.74) is 6.73. The molecule has 3 nitrogen and oxygen atoms in total. The van der Waals surface area contributed by atoms with Gasteiger partial charge in [0.1, 0.15) is 0 Å². The van der Waals surface area contributed by atoms with Crippen LogP contribution in [0.1, 0.15) is 53.0 Å². The van der Waals surface area contributed by atoms with E-state index in [4.69, 9.17) is 0 Å². The maximum atomic E-state index is 12.4. The Kier molecular flexibility index (Phi) is 5.77. The van der Waals surface area contributed by atoms with Gasteiger partial charge >= 0.3 is 0 Å². The van der Waals surface area contributed by atoms with Crippen LogP contribution in [0.5, 0.6) is 0 Å². The highest BCUT2D eigenvalue weighted by Crippen LogP contribution is 2.33. The van der Waals surface area contributed by atoms with E-state index in [0.717, 1.165) is 25.9 Å². The molecule has 1 unspecified atom stereocenters. The molecule has 1 amide bonds. The lowest BCUT2D eigenvalue weighted by molar-refractivity contribution is -0.121. The minimum absolute atomic E-state index is 0. The van der Waals surface area contributed by atoms with Crippen LogP contribution < -0.4 is 10.6 Å². The van der Waals surface area contributed by atoms with Crippen molar-refractivity contribution >= 4 is 18.3 Å². The predicted octanol–water partition coefficient (Wildman–Crippen LogP) is 3.84. The molecule has 0 spiro atoms. The number of hydrogen-bond acceptors (Lipinski definition) is 2. The molecular weight excluding hydrogens is 332 g/mol. The number of carbonyl (C=O) groups excluding carboxylic acids is 1. The van der Waals surface area contributed by atoms with Gasteiger partial charge in [0.25, 0.3) is 0 Å². The van der Waals surface area contributed by atoms with Crippen LogP contribution in [-0.4, -0.2) is 5.91 Å². The quantitative estimate of drug-likeness (QED) is 0.873. The van der Waals surface area contributed by atoms with Gasteiger partial charge in [0.05, 0.1) is 0 Å². The molecule has 2 aromatic rings. The second-order valence-electron chi connectivity index (χ2n) is 6.98. The molecule has 2 aliphatic rings. The fourth-order valence-corrected chi connectivity index (χ4v) is 4.02. The van der Waals surface area contributed by atoms with E-state index in [1.807, 2.05) is 0 Å². The molecule has 4 heteroatoms. The Morgan fingerprint density at radius 1 is 1.08 bits per heavy atom. The highest BCUT2D eigenvalue weighted by molar-refractivity contribution is 5.85. The number of halogens is 1. The van der Waals surface area contributed by atoms with Gasteiger partial charge in [0.15, 0.2) is 0 Å². The summed E-state index contributed by atoms with van der Waals surface area (Å²) in [5, 5.41) is 6.46. The van der Waals surface area contributed by atoms with Crippen molar-refractivity contribution in [1.29, 1.82) is 0 Å². The van der Waals surface area contributed by atoms with E-state index in [2.05, 4.69) is 53.1 Å². The van der Waals surface area contributed by atoms with Gasteiger partial charge in [-0.05, 0) is 53.0 Å². The van der Waals surface area contributed by atoms with E-state index in [0.29, 0.717) is 18.9 Å². The fourth-order valence-electron chi connectivity index (χ4n) is 4.02. The molecule has 1 aliphatic heterocycles. The van der Waals surface area contributed by atoms with E-state index < -0.39 is 0 Å². The summed E-state index contributed by atoms with van der Waals surface area (Å²) in [6, 6.07) is 15.1. The third-order valence-corrected chi connectivity index (χ3v) is 5.32. The Morgan fingerprint density at radius 3 is 2.84 bits per heavy atom. The molecule has 0 saturated carbocycles. The highest BCUT2D eigenvalue weighted by atomic mass is 35.5. The number of benzene rings is 2. The van der Waals surface area contributed by atoms with Crippen molar-refractivity contribution in [3.8, 4) is 0 Å². The van der Waals surface area contributed by atoms with Gasteiger partial charge in [-0.15, -0.1) is 12.4 Å². The Bertz CT molecular complexity index is 759. The molecule has 1 heterocycles. The van der Waals surface area contributed by atoms with Gasteiger partial charge in [-0.25, -0.2) is 0 Å². The molecule has 2 aromatic carbocycles. The van der Waals surface area contributed by atoms with Crippen LogP contribution in [0, 0.1) is 0 Å². The van der Waals surface area contributed by atoms with Crippen LogP contribution in [0.2, 0.25) is 0 Å². The molecule has 0 saturated heterocycles. The number of carbonyl (C=O) groups is 1. The van der Waals surface area contributed by atoms with Crippen LogP contribution in [0.15, 0.2) is 42.5 Å². The average molecular weight is 357 g/mol. The minimum atomic E-state index is 0. The Labute approximate surface area is 155 Å². The smallest absolute Gasteiger partial charge is 0.220 e. The largest absolute Gasteiger partial charge is 0.352 e. The summed E-state index contributed by atoms with van der Waals surface area (Å²) in [4.78, 5) is 12.4. The summed E-state index contributed by atoms with van der Waals surface area (Å²) in [6.45, 7) is 2.53. The maximum absolute atomic E-state index is 12.4. The number of aryl methyl sites for hydroxylation is 1. The second kappa shape index (κ2) is 8.03. The lowest BCUT2D eigenvalue weighted by Gasteiger charge is -2.25. The van der Waals surface area contributed by atoms with E-state index >= 15 is 0 Å². The summed E-state index contributed by atoms with van der Waals surface area (Å²) in [6.07, 6.45) is 4.06. The molecule has 132 valence electrons. The van der Waals surface area contributed by atoms with Crippen LogP contribution in [0.3, 0.4) is 0 Å². The maximum Gasteiger partial charge on any atom is 0.220 e. The number of fused-ring (bicyclic) bond motifs is 2. The molecule has 1 atom stereocenters.